The molecule has 0 saturated heterocycles. The largest absolute Gasteiger partial charge is 0.364 e. The lowest BCUT2D eigenvalue weighted by Crippen LogP contribution is -2.63. The second-order valence-corrected chi connectivity index (χ2v) is 14.6. The van der Waals surface area contributed by atoms with Gasteiger partial charge in [0.25, 0.3) is 0 Å². The SMILES string of the molecule is C[Si](C)(C)CCOCn1ccc2c(NC34CC(C3)C4)nc(Cl)nc21. The van der Waals surface area contributed by atoms with Gasteiger partial charge in [0.05, 0.1) is 5.39 Å². The average Bonchev–Trinajstić information content (AvgIpc) is 2.79. The third kappa shape index (κ3) is 3.07. The molecule has 0 amide bonds. The Hall–Kier alpha value is -1.11. The number of ether oxygens (including phenoxy) is 1. The molecule has 2 bridgehead atoms. The number of hydrogen-bond acceptors (Lipinski definition) is 4. The maximum atomic E-state index is 6.17. The van der Waals surface area contributed by atoms with Crippen molar-refractivity contribution in [1.82, 2.24) is 14.5 Å². The van der Waals surface area contributed by atoms with E-state index in [0.717, 1.165) is 29.4 Å². The summed E-state index contributed by atoms with van der Waals surface area (Å²) in [6, 6.07) is 3.22. The fourth-order valence-electron chi connectivity index (χ4n) is 3.66. The van der Waals surface area contributed by atoms with Crippen molar-refractivity contribution in [2.24, 2.45) is 5.92 Å². The summed E-state index contributed by atoms with van der Waals surface area (Å²) in [5, 5.41) is 4.94. The van der Waals surface area contributed by atoms with Crippen LogP contribution in [0.1, 0.15) is 19.3 Å². The van der Waals surface area contributed by atoms with E-state index in [1.54, 1.807) is 0 Å². The molecule has 3 aliphatic carbocycles. The average molecular weight is 365 g/mol. The van der Waals surface area contributed by atoms with Crippen LogP contribution in [-0.2, 0) is 11.5 Å². The van der Waals surface area contributed by atoms with E-state index in [0.29, 0.717) is 12.0 Å². The minimum Gasteiger partial charge on any atom is -0.364 e. The van der Waals surface area contributed by atoms with Gasteiger partial charge < -0.3 is 14.6 Å². The van der Waals surface area contributed by atoms with Crippen LogP contribution in [0.4, 0.5) is 5.82 Å². The normalized spacial score (nSPS) is 25.4. The Balaban J connectivity index is 1.49. The van der Waals surface area contributed by atoms with Gasteiger partial charge in [-0.1, -0.05) is 19.6 Å². The number of nitrogens with zero attached hydrogens (tertiary/aromatic N) is 3. The van der Waals surface area contributed by atoms with Crippen LogP contribution in [0.5, 0.6) is 0 Å². The minimum atomic E-state index is -1.06. The third-order valence-electron chi connectivity index (χ3n) is 5.24. The maximum absolute atomic E-state index is 6.17. The monoisotopic (exact) mass is 364 g/mol. The molecule has 3 fully saturated rings. The van der Waals surface area contributed by atoms with Crippen molar-refractivity contribution in [3.05, 3.63) is 17.5 Å². The molecule has 0 spiro atoms. The fraction of sp³-hybridized carbons (Fsp3) is 0.647. The number of fused-ring (bicyclic) bond motifs is 1. The van der Waals surface area contributed by atoms with Crippen molar-refractivity contribution >= 4 is 36.5 Å². The van der Waals surface area contributed by atoms with Gasteiger partial charge in [0, 0.05) is 26.4 Å². The summed E-state index contributed by atoms with van der Waals surface area (Å²) in [7, 11) is -1.06. The smallest absolute Gasteiger partial charge is 0.226 e. The van der Waals surface area contributed by atoms with E-state index in [4.69, 9.17) is 16.3 Å². The molecule has 0 unspecified atom stereocenters. The number of nitrogens with one attached hydrogen (secondary N) is 1. The van der Waals surface area contributed by atoms with E-state index in [2.05, 4.69) is 41.0 Å². The molecule has 3 aliphatic rings. The van der Waals surface area contributed by atoms with Crippen LogP contribution < -0.4 is 5.32 Å². The number of halogens is 1. The molecule has 2 heterocycles. The van der Waals surface area contributed by atoms with Gasteiger partial charge in [-0.2, -0.15) is 4.98 Å². The molecule has 3 saturated carbocycles. The van der Waals surface area contributed by atoms with Gasteiger partial charge in [-0.05, 0) is 48.9 Å². The van der Waals surface area contributed by atoms with Gasteiger partial charge in [0.1, 0.15) is 18.2 Å². The molecule has 0 radical (unpaired) electrons. The molecule has 7 heteroatoms. The molecule has 2 aromatic rings. The van der Waals surface area contributed by atoms with Gasteiger partial charge in [0.2, 0.25) is 5.28 Å². The zero-order valence-electron chi connectivity index (χ0n) is 14.6. The van der Waals surface area contributed by atoms with E-state index in [-0.39, 0.29) is 5.54 Å². The standard InChI is InChI=1S/C17H25ClN4OSi/c1-24(2,3)7-6-23-11-22-5-4-13-14(19-16(18)20-15(13)22)21-17-8-12(9-17)10-17/h4-5,12H,6-11H2,1-3H3,(H,19,20,21). The quantitative estimate of drug-likeness (QED) is 0.450. The first-order chi connectivity index (χ1) is 11.3. The summed E-state index contributed by atoms with van der Waals surface area (Å²) in [6.45, 7) is 8.38. The lowest BCUT2D eigenvalue weighted by molar-refractivity contribution is 0.00193. The predicted octanol–water partition coefficient (Wildman–Crippen LogP) is 4.36. The Morgan fingerprint density at radius 2 is 2.08 bits per heavy atom. The van der Waals surface area contributed by atoms with Crippen molar-refractivity contribution in [2.45, 2.75) is 57.2 Å². The highest BCUT2D eigenvalue weighted by molar-refractivity contribution is 6.76. The molecule has 0 aliphatic heterocycles. The fourth-order valence-corrected chi connectivity index (χ4v) is 4.58. The van der Waals surface area contributed by atoms with Gasteiger partial charge >= 0.3 is 0 Å². The van der Waals surface area contributed by atoms with Crippen LogP contribution in [-0.4, -0.2) is 34.8 Å². The Labute approximate surface area is 148 Å². The molecule has 2 aromatic heterocycles. The highest BCUT2D eigenvalue weighted by atomic mass is 35.5. The van der Waals surface area contributed by atoms with Crippen LogP contribution >= 0.6 is 11.6 Å². The summed E-state index contributed by atoms with van der Waals surface area (Å²) in [4.78, 5) is 8.85. The number of anilines is 1. The first-order valence-corrected chi connectivity index (χ1v) is 12.8. The molecule has 130 valence electrons. The first kappa shape index (κ1) is 16.4. The van der Waals surface area contributed by atoms with Gasteiger partial charge in [0.15, 0.2) is 0 Å². The summed E-state index contributed by atoms with van der Waals surface area (Å²) < 4.78 is 7.87. The summed E-state index contributed by atoms with van der Waals surface area (Å²) >= 11 is 6.17. The molecular weight excluding hydrogens is 340 g/mol. The topological polar surface area (TPSA) is 52.0 Å². The van der Waals surface area contributed by atoms with E-state index < -0.39 is 8.07 Å². The lowest BCUT2D eigenvalue weighted by atomic mass is 9.50. The third-order valence-corrected chi connectivity index (χ3v) is 7.11. The second kappa shape index (κ2) is 5.71. The molecule has 5 nitrogen and oxygen atoms in total. The zero-order chi connectivity index (χ0) is 16.9. The molecule has 0 aromatic carbocycles. The Kier molecular flexibility index (Phi) is 3.89. The summed E-state index contributed by atoms with van der Waals surface area (Å²) in [5.74, 6) is 1.79. The van der Waals surface area contributed by atoms with Crippen LogP contribution in [0, 0.1) is 5.92 Å². The zero-order valence-corrected chi connectivity index (χ0v) is 16.4. The molecule has 1 N–H and O–H groups in total. The maximum Gasteiger partial charge on any atom is 0.226 e. The van der Waals surface area contributed by atoms with Crippen molar-refractivity contribution in [1.29, 1.82) is 0 Å². The lowest BCUT2D eigenvalue weighted by Gasteiger charge is -2.62. The highest BCUT2D eigenvalue weighted by Crippen LogP contribution is 2.58. The van der Waals surface area contributed by atoms with E-state index in [1.165, 1.54) is 25.3 Å². The van der Waals surface area contributed by atoms with Crippen LogP contribution in [0.15, 0.2) is 12.3 Å². The van der Waals surface area contributed by atoms with Crippen LogP contribution in [0.3, 0.4) is 0 Å². The first-order valence-electron chi connectivity index (χ1n) is 8.72. The van der Waals surface area contributed by atoms with E-state index in [1.807, 2.05) is 10.8 Å². The Morgan fingerprint density at radius 1 is 1.33 bits per heavy atom. The van der Waals surface area contributed by atoms with Crippen LogP contribution in [0.25, 0.3) is 11.0 Å². The molecule has 24 heavy (non-hydrogen) atoms. The second-order valence-electron chi connectivity index (χ2n) is 8.60. The number of hydrogen-bond donors (Lipinski definition) is 1. The molecule has 0 atom stereocenters. The van der Waals surface area contributed by atoms with Gasteiger partial charge in [-0.3, -0.25) is 0 Å². The number of aromatic nitrogens is 3. The number of rotatable bonds is 7. The summed E-state index contributed by atoms with van der Waals surface area (Å²) in [6.07, 6.45) is 5.79. The van der Waals surface area contributed by atoms with Crippen LogP contribution in [0.2, 0.25) is 31.0 Å². The van der Waals surface area contributed by atoms with Crippen molar-refractivity contribution in [2.75, 3.05) is 11.9 Å². The molecular formula is C17H25ClN4OSi. The minimum absolute atomic E-state index is 0.269. The highest BCUT2D eigenvalue weighted by Gasteiger charge is 2.56. The van der Waals surface area contributed by atoms with Crippen molar-refractivity contribution in [3.63, 3.8) is 0 Å². The Bertz CT molecular complexity index is 753. The molecule has 5 rings (SSSR count). The predicted molar refractivity (Wildman–Crippen MR) is 100 cm³/mol. The Morgan fingerprint density at radius 3 is 2.71 bits per heavy atom. The van der Waals surface area contributed by atoms with E-state index in [9.17, 15) is 0 Å². The van der Waals surface area contributed by atoms with Gasteiger partial charge in [-0.25, -0.2) is 4.98 Å². The summed E-state index contributed by atoms with van der Waals surface area (Å²) in [5.41, 5.74) is 1.11. The van der Waals surface area contributed by atoms with E-state index >= 15 is 0 Å². The van der Waals surface area contributed by atoms with Crippen molar-refractivity contribution in [3.8, 4) is 0 Å². The van der Waals surface area contributed by atoms with Gasteiger partial charge in [-0.15, -0.1) is 0 Å². The van der Waals surface area contributed by atoms with Crippen molar-refractivity contribution < 1.29 is 4.74 Å².